The number of anilines is 1. The predicted molar refractivity (Wildman–Crippen MR) is 71.7 cm³/mol. The smallest absolute Gasteiger partial charge is 0.314 e. The fourth-order valence-electron chi connectivity index (χ4n) is 1.42. The van der Waals surface area contributed by atoms with Crippen molar-refractivity contribution in [1.29, 1.82) is 0 Å². The molecule has 0 saturated heterocycles. The molecule has 0 radical (unpaired) electrons. The average Bonchev–Trinajstić information content (AvgIpc) is 2.92. The van der Waals surface area contributed by atoms with Gasteiger partial charge < -0.3 is 9.47 Å². The molecule has 2 aromatic rings. The van der Waals surface area contributed by atoms with Crippen molar-refractivity contribution in [3.63, 3.8) is 0 Å². The summed E-state index contributed by atoms with van der Waals surface area (Å²) in [4.78, 5) is 10.3. The highest BCUT2D eigenvalue weighted by Gasteiger charge is 2.16. The fourth-order valence-corrected chi connectivity index (χ4v) is 1.98. The van der Waals surface area contributed by atoms with E-state index in [1.165, 1.54) is 30.6 Å². The maximum Gasteiger partial charge on any atom is 0.314 e. The molecule has 0 bridgehead atoms. The van der Waals surface area contributed by atoms with Crippen LogP contribution < -0.4 is 20.7 Å². The van der Waals surface area contributed by atoms with Crippen LogP contribution in [0.1, 0.15) is 5.01 Å². The molecule has 0 atom stereocenters. The minimum absolute atomic E-state index is 0.142. The molecular weight excluding hydrogens is 286 g/mol. The molecule has 0 saturated carbocycles. The lowest BCUT2D eigenvalue weighted by Crippen LogP contribution is -2.05. The van der Waals surface area contributed by atoms with Crippen molar-refractivity contribution in [1.82, 2.24) is 10.2 Å². The number of hydrazine groups is 1. The summed E-state index contributed by atoms with van der Waals surface area (Å²) in [6, 6.07) is 4.34. The van der Waals surface area contributed by atoms with E-state index in [9.17, 15) is 10.1 Å². The number of nitro groups is 1. The number of hydrogen-bond acceptors (Lipinski definition) is 9. The van der Waals surface area contributed by atoms with Gasteiger partial charge in [0.2, 0.25) is 5.13 Å². The molecule has 3 N–H and O–H groups in total. The van der Waals surface area contributed by atoms with E-state index in [4.69, 9.17) is 15.3 Å². The molecule has 0 amide bonds. The van der Waals surface area contributed by atoms with Crippen LogP contribution >= 0.6 is 11.3 Å². The highest BCUT2D eigenvalue weighted by Crippen LogP contribution is 2.31. The van der Waals surface area contributed by atoms with E-state index in [0.717, 1.165) is 0 Å². The Bertz CT molecular complexity index is 617. The summed E-state index contributed by atoms with van der Waals surface area (Å²) in [5, 5.41) is 19.5. The summed E-state index contributed by atoms with van der Waals surface area (Å²) >= 11 is 1.23. The molecule has 10 heteroatoms. The third-order valence-corrected chi connectivity index (χ3v) is 3.13. The molecule has 0 aliphatic heterocycles. The van der Waals surface area contributed by atoms with E-state index in [0.29, 0.717) is 15.9 Å². The van der Waals surface area contributed by atoms with Crippen LogP contribution in [0.15, 0.2) is 18.2 Å². The molecular formula is C10H11N5O4S. The van der Waals surface area contributed by atoms with E-state index in [1.54, 1.807) is 6.07 Å². The van der Waals surface area contributed by atoms with Gasteiger partial charge in [-0.15, -0.1) is 10.2 Å². The lowest BCUT2D eigenvalue weighted by Gasteiger charge is -2.06. The van der Waals surface area contributed by atoms with Crippen LogP contribution in [0.5, 0.6) is 11.5 Å². The van der Waals surface area contributed by atoms with Gasteiger partial charge in [0.1, 0.15) is 12.4 Å². The van der Waals surface area contributed by atoms with E-state index in [-0.39, 0.29) is 18.0 Å². The Morgan fingerprint density at radius 2 is 2.30 bits per heavy atom. The number of nitrogens with zero attached hydrogens (tertiary/aromatic N) is 3. The first-order valence-corrected chi connectivity index (χ1v) is 6.20. The SMILES string of the molecule is COc1ccc(OCc2nnc(NN)s2)cc1[N+](=O)[O-]. The number of nitro benzene ring substituents is 1. The second-order valence-corrected chi connectivity index (χ2v) is 4.59. The molecule has 106 valence electrons. The van der Waals surface area contributed by atoms with Crippen molar-refractivity contribution in [2.75, 3.05) is 12.5 Å². The van der Waals surface area contributed by atoms with Crippen molar-refractivity contribution in [3.05, 3.63) is 33.3 Å². The lowest BCUT2D eigenvalue weighted by atomic mass is 10.3. The van der Waals surface area contributed by atoms with Crippen LogP contribution in [0.4, 0.5) is 10.8 Å². The molecule has 0 spiro atoms. The number of ether oxygens (including phenoxy) is 2. The van der Waals surface area contributed by atoms with Crippen LogP contribution in [-0.2, 0) is 6.61 Å². The van der Waals surface area contributed by atoms with Gasteiger partial charge in [-0.1, -0.05) is 11.3 Å². The highest BCUT2D eigenvalue weighted by molar-refractivity contribution is 7.15. The summed E-state index contributed by atoms with van der Waals surface area (Å²) in [6.45, 7) is 0.142. The van der Waals surface area contributed by atoms with Gasteiger partial charge in [0.15, 0.2) is 10.8 Å². The molecule has 1 aromatic heterocycles. The van der Waals surface area contributed by atoms with Crippen molar-refractivity contribution in [2.24, 2.45) is 5.84 Å². The van der Waals surface area contributed by atoms with Gasteiger partial charge in [0.25, 0.3) is 0 Å². The number of aromatic nitrogens is 2. The second kappa shape index (κ2) is 6.12. The minimum atomic E-state index is -0.535. The topological polar surface area (TPSA) is 125 Å². The van der Waals surface area contributed by atoms with E-state index in [1.807, 2.05) is 0 Å². The van der Waals surface area contributed by atoms with Crippen LogP contribution in [-0.4, -0.2) is 22.2 Å². The van der Waals surface area contributed by atoms with Gasteiger partial charge in [-0.25, -0.2) is 5.84 Å². The highest BCUT2D eigenvalue weighted by atomic mass is 32.1. The Morgan fingerprint density at radius 3 is 2.90 bits per heavy atom. The second-order valence-electron chi connectivity index (χ2n) is 3.52. The van der Waals surface area contributed by atoms with Crippen molar-refractivity contribution >= 4 is 22.2 Å². The van der Waals surface area contributed by atoms with Crippen molar-refractivity contribution < 1.29 is 14.4 Å². The Hall–Kier alpha value is -2.46. The molecule has 0 fully saturated rings. The summed E-state index contributed by atoms with van der Waals surface area (Å²) in [7, 11) is 1.37. The standard InChI is InChI=1S/C10H11N5O4S/c1-18-8-3-2-6(4-7(8)15(16)17)19-5-9-13-14-10(12-11)20-9/h2-4H,5,11H2,1H3,(H,12,14). The van der Waals surface area contributed by atoms with Gasteiger partial charge in [-0.2, -0.15) is 0 Å². The van der Waals surface area contributed by atoms with E-state index >= 15 is 0 Å². The fraction of sp³-hybridized carbons (Fsp3) is 0.200. The third-order valence-electron chi connectivity index (χ3n) is 2.30. The zero-order valence-electron chi connectivity index (χ0n) is 10.4. The monoisotopic (exact) mass is 297 g/mol. The van der Waals surface area contributed by atoms with Gasteiger partial charge in [-0.05, 0) is 12.1 Å². The molecule has 1 aromatic carbocycles. The van der Waals surface area contributed by atoms with Gasteiger partial charge in [-0.3, -0.25) is 15.5 Å². The molecule has 20 heavy (non-hydrogen) atoms. The normalized spacial score (nSPS) is 10.1. The summed E-state index contributed by atoms with van der Waals surface area (Å²) in [5.41, 5.74) is 2.21. The number of benzene rings is 1. The quantitative estimate of drug-likeness (QED) is 0.464. The molecule has 1 heterocycles. The zero-order chi connectivity index (χ0) is 14.5. The minimum Gasteiger partial charge on any atom is -0.490 e. The van der Waals surface area contributed by atoms with Crippen LogP contribution in [0.3, 0.4) is 0 Å². The lowest BCUT2D eigenvalue weighted by molar-refractivity contribution is -0.385. The van der Waals surface area contributed by atoms with Crippen LogP contribution in [0.25, 0.3) is 0 Å². The molecule has 9 nitrogen and oxygen atoms in total. The van der Waals surface area contributed by atoms with Gasteiger partial charge >= 0.3 is 5.69 Å². The molecule has 2 rings (SSSR count). The Kier molecular flexibility index (Phi) is 4.27. The number of nitrogens with one attached hydrogen (secondary N) is 1. The van der Waals surface area contributed by atoms with Crippen LogP contribution in [0, 0.1) is 10.1 Å². The first-order valence-electron chi connectivity index (χ1n) is 5.38. The molecule has 0 unspecified atom stereocenters. The van der Waals surface area contributed by atoms with Crippen molar-refractivity contribution in [3.8, 4) is 11.5 Å². The number of hydrogen-bond donors (Lipinski definition) is 2. The first-order chi connectivity index (χ1) is 9.63. The number of nitrogens with two attached hydrogens (primary N) is 1. The predicted octanol–water partition coefficient (Wildman–Crippen LogP) is 1.32. The number of nitrogen functional groups attached to an aromatic ring is 1. The largest absolute Gasteiger partial charge is 0.490 e. The maximum atomic E-state index is 10.9. The van der Waals surface area contributed by atoms with Gasteiger partial charge in [0.05, 0.1) is 18.1 Å². The van der Waals surface area contributed by atoms with Gasteiger partial charge in [0, 0.05) is 0 Å². The number of rotatable bonds is 6. The number of methoxy groups -OCH3 is 1. The zero-order valence-corrected chi connectivity index (χ0v) is 11.2. The Morgan fingerprint density at radius 1 is 1.50 bits per heavy atom. The maximum absolute atomic E-state index is 10.9. The molecule has 0 aliphatic rings. The Balaban J connectivity index is 2.09. The molecule has 0 aliphatic carbocycles. The summed E-state index contributed by atoms with van der Waals surface area (Å²) < 4.78 is 10.3. The first kappa shape index (κ1) is 14.0. The van der Waals surface area contributed by atoms with E-state index < -0.39 is 4.92 Å². The Labute approximate surface area is 117 Å². The van der Waals surface area contributed by atoms with E-state index in [2.05, 4.69) is 15.6 Å². The summed E-state index contributed by atoms with van der Waals surface area (Å²) in [5.74, 6) is 5.70. The average molecular weight is 297 g/mol. The third kappa shape index (κ3) is 3.10. The summed E-state index contributed by atoms with van der Waals surface area (Å²) in [6.07, 6.45) is 0. The van der Waals surface area contributed by atoms with Crippen LogP contribution in [0.2, 0.25) is 0 Å². The van der Waals surface area contributed by atoms with Crippen molar-refractivity contribution in [2.45, 2.75) is 6.61 Å².